The van der Waals surface area contributed by atoms with Crippen molar-refractivity contribution in [1.29, 1.82) is 0 Å². The Hall–Kier alpha value is -0.630. The molecule has 1 aliphatic rings. The van der Waals surface area contributed by atoms with Crippen molar-refractivity contribution in [2.45, 2.75) is 83.2 Å². The highest BCUT2D eigenvalue weighted by Crippen LogP contribution is 2.13. The van der Waals surface area contributed by atoms with E-state index in [4.69, 9.17) is 0 Å². The van der Waals surface area contributed by atoms with Crippen LogP contribution in [-0.2, 0) is 4.79 Å². The fraction of sp³-hybridized carbons (Fsp3) is 0.812. The summed E-state index contributed by atoms with van der Waals surface area (Å²) in [4.78, 5) is 11.6. The largest absolute Gasteiger partial charge is 0.385 e. The van der Waals surface area contributed by atoms with E-state index in [1.54, 1.807) is 0 Å². The first-order chi connectivity index (χ1) is 8.80. The van der Waals surface area contributed by atoms with Gasteiger partial charge in [0.2, 0.25) is 0 Å². The number of carbonyl (C=O) groups excluding carboxylic acids is 1. The summed E-state index contributed by atoms with van der Waals surface area (Å²) in [5.41, 5.74) is 0. The monoisotopic (exact) mass is 252 g/mol. The summed E-state index contributed by atoms with van der Waals surface area (Å²) in [5, 5.41) is 9.72. The van der Waals surface area contributed by atoms with Crippen LogP contribution in [0.4, 0.5) is 0 Å². The van der Waals surface area contributed by atoms with Crippen LogP contribution in [0.25, 0.3) is 0 Å². The molecule has 0 aliphatic heterocycles. The number of rotatable bonds is 0. The third-order valence-corrected chi connectivity index (χ3v) is 3.68. The molecule has 0 heterocycles. The van der Waals surface area contributed by atoms with Crippen molar-refractivity contribution in [3.05, 3.63) is 12.2 Å². The smallest absolute Gasteiger partial charge is 0.161 e. The summed E-state index contributed by atoms with van der Waals surface area (Å²) in [6, 6.07) is 0. The Labute approximate surface area is 111 Å². The van der Waals surface area contributed by atoms with E-state index >= 15 is 0 Å². The van der Waals surface area contributed by atoms with E-state index in [9.17, 15) is 9.90 Å². The number of carbonyl (C=O) groups is 1. The highest BCUT2D eigenvalue weighted by Gasteiger charge is 2.13. The summed E-state index contributed by atoms with van der Waals surface area (Å²) in [5.74, 6) is 0.0574. The Morgan fingerprint density at radius 2 is 1.39 bits per heavy atom. The second kappa shape index (κ2) is 10.3. The van der Waals surface area contributed by atoms with Gasteiger partial charge in [-0.15, -0.1) is 0 Å². The van der Waals surface area contributed by atoms with Crippen LogP contribution >= 0.6 is 0 Å². The summed E-state index contributed by atoms with van der Waals surface area (Å²) < 4.78 is 0. The lowest BCUT2D eigenvalue weighted by molar-refractivity contribution is -0.127. The lowest BCUT2D eigenvalue weighted by atomic mass is 10.0. The number of hydrogen-bond acceptors (Lipinski definition) is 2. The van der Waals surface area contributed by atoms with Crippen LogP contribution in [0.2, 0.25) is 0 Å². The Morgan fingerprint density at radius 1 is 0.833 bits per heavy atom. The summed E-state index contributed by atoms with van der Waals surface area (Å²) in [6.07, 6.45) is 16.6. The molecule has 1 atom stereocenters. The molecule has 0 saturated carbocycles. The standard InChI is InChI=1S/C16H28O2/c17-15-13-11-9-7-5-3-1-2-4-6-8-10-12-14-16(15)18/h1,3,15,17H,2,4-14H2/b3-1+. The minimum Gasteiger partial charge on any atom is -0.385 e. The van der Waals surface area contributed by atoms with Crippen molar-refractivity contribution < 1.29 is 9.90 Å². The number of allylic oxidation sites excluding steroid dienone is 2. The van der Waals surface area contributed by atoms with Crippen LogP contribution < -0.4 is 0 Å². The molecular formula is C16H28O2. The molecule has 0 amide bonds. The van der Waals surface area contributed by atoms with Gasteiger partial charge in [-0.3, -0.25) is 4.79 Å². The molecule has 2 heteroatoms. The summed E-state index contributed by atoms with van der Waals surface area (Å²) >= 11 is 0. The van der Waals surface area contributed by atoms with E-state index in [1.807, 2.05) is 0 Å². The number of ketones is 1. The fourth-order valence-electron chi connectivity index (χ4n) is 2.43. The highest BCUT2D eigenvalue weighted by molar-refractivity contribution is 5.82. The van der Waals surface area contributed by atoms with Crippen molar-refractivity contribution in [3.63, 3.8) is 0 Å². The average Bonchev–Trinajstić information content (AvgIpc) is 2.37. The van der Waals surface area contributed by atoms with Gasteiger partial charge in [0.05, 0.1) is 0 Å². The second-order valence-corrected chi connectivity index (χ2v) is 5.40. The van der Waals surface area contributed by atoms with Crippen LogP contribution in [0.3, 0.4) is 0 Å². The van der Waals surface area contributed by atoms with Gasteiger partial charge in [0.15, 0.2) is 5.78 Å². The van der Waals surface area contributed by atoms with Gasteiger partial charge in [-0.2, -0.15) is 0 Å². The number of aliphatic hydroxyl groups is 1. The zero-order valence-electron chi connectivity index (χ0n) is 11.6. The van der Waals surface area contributed by atoms with Gasteiger partial charge in [-0.1, -0.05) is 44.3 Å². The Morgan fingerprint density at radius 3 is 2.11 bits per heavy atom. The molecule has 0 bridgehead atoms. The molecule has 1 N–H and O–H groups in total. The van der Waals surface area contributed by atoms with Crippen molar-refractivity contribution in [3.8, 4) is 0 Å². The van der Waals surface area contributed by atoms with Gasteiger partial charge in [0.1, 0.15) is 6.10 Å². The van der Waals surface area contributed by atoms with Gasteiger partial charge in [-0.25, -0.2) is 0 Å². The molecule has 0 aromatic carbocycles. The molecule has 18 heavy (non-hydrogen) atoms. The van der Waals surface area contributed by atoms with Gasteiger partial charge >= 0.3 is 0 Å². The molecular weight excluding hydrogens is 224 g/mol. The first kappa shape index (κ1) is 15.4. The highest BCUT2D eigenvalue weighted by atomic mass is 16.3. The van der Waals surface area contributed by atoms with Crippen LogP contribution in [-0.4, -0.2) is 17.0 Å². The molecule has 0 radical (unpaired) electrons. The Balaban J connectivity index is 2.28. The molecule has 0 fully saturated rings. The van der Waals surface area contributed by atoms with E-state index in [0.717, 1.165) is 32.1 Å². The van der Waals surface area contributed by atoms with Crippen molar-refractivity contribution in [2.75, 3.05) is 0 Å². The Bertz CT molecular complexity index is 245. The topological polar surface area (TPSA) is 37.3 Å². The molecule has 1 rings (SSSR count). The van der Waals surface area contributed by atoms with Crippen LogP contribution in [0.1, 0.15) is 77.0 Å². The zero-order chi connectivity index (χ0) is 13.1. The van der Waals surface area contributed by atoms with E-state index in [1.165, 1.54) is 32.1 Å². The second-order valence-electron chi connectivity index (χ2n) is 5.40. The van der Waals surface area contributed by atoms with Crippen molar-refractivity contribution in [1.82, 2.24) is 0 Å². The predicted octanol–water partition coefficient (Wildman–Crippen LogP) is 4.17. The average molecular weight is 252 g/mol. The molecule has 0 aromatic heterocycles. The number of Topliss-reactive ketones (excluding diaryl/α,β-unsaturated/α-hetero) is 1. The lowest BCUT2D eigenvalue weighted by Crippen LogP contribution is -2.19. The minimum atomic E-state index is -0.701. The minimum absolute atomic E-state index is 0.0574. The third kappa shape index (κ3) is 7.65. The van der Waals surface area contributed by atoms with E-state index in [2.05, 4.69) is 12.2 Å². The van der Waals surface area contributed by atoms with E-state index < -0.39 is 6.10 Å². The maximum atomic E-state index is 11.6. The number of aliphatic hydroxyl groups excluding tert-OH is 1. The predicted molar refractivity (Wildman–Crippen MR) is 75.6 cm³/mol. The number of hydrogen-bond donors (Lipinski definition) is 1. The fourth-order valence-corrected chi connectivity index (χ4v) is 2.43. The van der Waals surface area contributed by atoms with Crippen molar-refractivity contribution >= 4 is 5.78 Å². The van der Waals surface area contributed by atoms with Crippen LogP contribution in [0, 0.1) is 0 Å². The third-order valence-electron chi connectivity index (χ3n) is 3.68. The van der Waals surface area contributed by atoms with E-state index in [0.29, 0.717) is 12.8 Å². The maximum absolute atomic E-state index is 11.6. The quantitative estimate of drug-likeness (QED) is 0.657. The first-order valence-electron chi connectivity index (χ1n) is 7.66. The van der Waals surface area contributed by atoms with Gasteiger partial charge in [-0.05, 0) is 38.5 Å². The van der Waals surface area contributed by atoms with Crippen LogP contribution in [0.15, 0.2) is 12.2 Å². The molecule has 0 spiro atoms. The molecule has 1 unspecified atom stereocenters. The van der Waals surface area contributed by atoms with E-state index in [-0.39, 0.29) is 5.78 Å². The SMILES string of the molecule is O=C1CCCCCCC/C=C/CCCCCC1O. The summed E-state index contributed by atoms with van der Waals surface area (Å²) in [7, 11) is 0. The maximum Gasteiger partial charge on any atom is 0.161 e. The van der Waals surface area contributed by atoms with Gasteiger partial charge in [0, 0.05) is 6.42 Å². The zero-order valence-corrected chi connectivity index (χ0v) is 11.6. The molecule has 1 aliphatic carbocycles. The summed E-state index contributed by atoms with van der Waals surface area (Å²) in [6.45, 7) is 0. The van der Waals surface area contributed by atoms with Crippen LogP contribution in [0.5, 0.6) is 0 Å². The normalized spacial score (nSPS) is 27.8. The first-order valence-corrected chi connectivity index (χ1v) is 7.66. The lowest BCUT2D eigenvalue weighted by Gasteiger charge is -2.09. The molecule has 0 saturated heterocycles. The van der Waals surface area contributed by atoms with Gasteiger partial charge < -0.3 is 5.11 Å². The van der Waals surface area contributed by atoms with Crippen molar-refractivity contribution in [2.24, 2.45) is 0 Å². The molecule has 104 valence electrons. The Kier molecular flexibility index (Phi) is 8.83. The van der Waals surface area contributed by atoms with Gasteiger partial charge in [0.25, 0.3) is 0 Å². The molecule has 0 aromatic rings. The molecule has 2 nitrogen and oxygen atoms in total.